The number of rotatable bonds is 4. The molecule has 2 aromatic heterocycles. The third kappa shape index (κ3) is 3.82. The fourth-order valence-corrected chi connectivity index (χ4v) is 3.21. The number of aliphatic hydroxyl groups excluding tert-OH is 1. The molecule has 1 fully saturated rings. The van der Waals surface area contributed by atoms with Gasteiger partial charge in [-0.15, -0.1) is 0 Å². The van der Waals surface area contributed by atoms with Gasteiger partial charge in [0.05, 0.1) is 18.3 Å². The first-order valence-electron chi connectivity index (χ1n) is 8.23. The zero-order valence-electron chi connectivity index (χ0n) is 13.5. The highest BCUT2D eigenvalue weighted by Crippen LogP contribution is 2.24. The Morgan fingerprint density at radius 1 is 1.43 bits per heavy atom. The molecule has 2 atom stereocenters. The molecule has 1 aliphatic carbocycles. The van der Waals surface area contributed by atoms with Crippen LogP contribution in [0.5, 0.6) is 0 Å². The average molecular weight is 316 g/mol. The first kappa shape index (κ1) is 15.8. The second-order valence-electron chi connectivity index (χ2n) is 6.35. The third-order valence-electron chi connectivity index (χ3n) is 4.56. The van der Waals surface area contributed by atoms with Crippen molar-refractivity contribution in [1.29, 1.82) is 0 Å². The summed E-state index contributed by atoms with van der Waals surface area (Å²) in [7, 11) is 1.78. The number of nitrogens with one attached hydrogen (secondary N) is 1. The number of carbonyl (C=O) groups is 1. The summed E-state index contributed by atoms with van der Waals surface area (Å²) in [4.78, 5) is 18.3. The van der Waals surface area contributed by atoms with Gasteiger partial charge in [-0.1, -0.05) is 18.9 Å². The van der Waals surface area contributed by atoms with Gasteiger partial charge in [-0.2, -0.15) is 0 Å². The fourth-order valence-electron chi connectivity index (χ4n) is 3.21. The van der Waals surface area contributed by atoms with E-state index in [1.807, 2.05) is 35.0 Å². The highest BCUT2D eigenvalue weighted by molar-refractivity contribution is 5.73. The lowest BCUT2D eigenvalue weighted by molar-refractivity contribution is 0.0565. The van der Waals surface area contributed by atoms with Crippen LogP contribution in [0.25, 0.3) is 5.65 Å². The summed E-state index contributed by atoms with van der Waals surface area (Å²) < 4.78 is 1.93. The fraction of sp³-hybridized carbons (Fsp3) is 0.529. The quantitative estimate of drug-likeness (QED) is 0.907. The van der Waals surface area contributed by atoms with Gasteiger partial charge in [0.1, 0.15) is 5.65 Å². The van der Waals surface area contributed by atoms with Crippen LogP contribution in [-0.4, -0.2) is 45.1 Å². The molecule has 0 saturated heterocycles. The Morgan fingerprint density at radius 3 is 3.04 bits per heavy atom. The summed E-state index contributed by atoms with van der Waals surface area (Å²) in [6.07, 6.45) is 7.63. The highest BCUT2D eigenvalue weighted by Gasteiger charge is 2.25. The molecular weight excluding hydrogens is 292 g/mol. The van der Waals surface area contributed by atoms with Gasteiger partial charge < -0.3 is 19.7 Å². The van der Waals surface area contributed by atoms with E-state index in [4.69, 9.17) is 0 Å². The van der Waals surface area contributed by atoms with Crippen molar-refractivity contribution < 1.29 is 9.90 Å². The van der Waals surface area contributed by atoms with Gasteiger partial charge in [-0.25, -0.2) is 9.78 Å². The molecule has 0 aliphatic heterocycles. The summed E-state index contributed by atoms with van der Waals surface area (Å²) in [5.74, 6) is 0.190. The molecule has 6 nitrogen and oxygen atoms in total. The van der Waals surface area contributed by atoms with Crippen molar-refractivity contribution in [1.82, 2.24) is 19.6 Å². The van der Waals surface area contributed by atoms with Gasteiger partial charge in [0.15, 0.2) is 0 Å². The van der Waals surface area contributed by atoms with Crippen LogP contribution in [0.2, 0.25) is 0 Å². The maximum Gasteiger partial charge on any atom is 0.317 e. The summed E-state index contributed by atoms with van der Waals surface area (Å²) in [6, 6.07) is 5.69. The van der Waals surface area contributed by atoms with Crippen LogP contribution >= 0.6 is 0 Å². The zero-order valence-corrected chi connectivity index (χ0v) is 13.5. The number of hydrogen-bond donors (Lipinski definition) is 2. The molecule has 2 aromatic rings. The van der Waals surface area contributed by atoms with Crippen molar-refractivity contribution in [3.63, 3.8) is 0 Å². The summed E-state index contributed by atoms with van der Waals surface area (Å²) in [5, 5.41) is 12.9. The molecule has 0 bridgehead atoms. The zero-order chi connectivity index (χ0) is 16.2. The van der Waals surface area contributed by atoms with Gasteiger partial charge in [0.2, 0.25) is 0 Å². The molecule has 0 unspecified atom stereocenters. The number of pyridine rings is 1. The monoisotopic (exact) mass is 316 g/mol. The Hall–Kier alpha value is -2.08. The van der Waals surface area contributed by atoms with Crippen LogP contribution in [0.1, 0.15) is 31.4 Å². The maximum atomic E-state index is 12.2. The van der Waals surface area contributed by atoms with E-state index >= 15 is 0 Å². The number of hydrogen-bond acceptors (Lipinski definition) is 3. The van der Waals surface area contributed by atoms with Gasteiger partial charge in [0.25, 0.3) is 0 Å². The second-order valence-corrected chi connectivity index (χ2v) is 6.35. The predicted octanol–water partition coefficient (Wildman–Crippen LogP) is 2.03. The first-order valence-corrected chi connectivity index (χ1v) is 8.23. The maximum absolute atomic E-state index is 12.2. The standard InChI is InChI=1S/C17H24N4O2/c1-20(11-13-6-2-3-7-15(13)22)17(23)18-10-14-12-21-9-5-4-8-16(21)19-14/h4-5,8-9,12-13,15,22H,2-3,6-7,10-11H2,1H3,(H,18,23)/t13-,15-/m0/s1. The minimum Gasteiger partial charge on any atom is -0.393 e. The number of imidazole rings is 1. The molecule has 0 aromatic carbocycles. The van der Waals surface area contributed by atoms with Gasteiger partial charge in [-0.05, 0) is 25.0 Å². The van der Waals surface area contributed by atoms with E-state index in [0.29, 0.717) is 13.1 Å². The highest BCUT2D eigenvalue weighted by atomic mass is 16.3. The Bertz CT molecular complexity index is 636. The van der Waals surface area contributed by atoms with E-state index in [9.17, 15) is 9.90 Å². The molecule has 0 spiro atoms. The molecule has 1 saturated carbocycles. The van der Waals surface area contributed by atoms with Crippen LogP contribution in [0.3, 0.4) is 0 Å². The number of nitrogens with zero attached hydrogens (tertiary/aromatic N) is 3. The van der Waals surface area contributed by atoms with E-state index < -0.39 is 0 Å². The lowest BCUT2D eigenvalue weighted by Gasteiger charge is -2.31. The minimum atomic E-state index is -0.280. The van der Waals surface area contributed by atoms with Gasteiger partial charge in [-0.3, -0.25) is 0 Å². The lowest BCUT2D eigenvalue weighted by atomic mass is 9.86. The van der Waals surface area contributed by atoms with Gasteiger partial charge >= 0.3 is 6.03 Å². The van der Waals surface area contributed by atoms with E-state index in [1.165, 1.54) is 0 Å². The predicted molar refractivity (Wildman–Crippen MR) is 88.0 cm³/mol. The number of aliphatic hydroxyl groups is 1. The van der Waals surface area contributed by atoms with E-state index in [-0.39, 0.29) is 18.1 Å². The number of urea groups is 1. The smallest absolute Gasteiger partial charge is 0.317 e. The van der Waals surface area contributed by atoms with E-state index in [2.05, 4.69) is 10.3 Å². The second kappa shape index (κ2) is 7.00. The van der Waals surface area contributed by atoms with Crippen LogP contribution in [0.4, 0.5) is 4.79 Å². The number of fused-ring (bicyclic) bond motifs is 1. The molecule has 2 amide bonds. The normalized spacial score (nSPS) is 21.3. The van der Waals surface area contributed by atoms with Crippen molar-refractivity contribution in [3.8, 4) is 0 Å². The summed E-state index contributed by atoms with van der Waals surface area (Å²) in [6.45, 7) is 0.996. The largest absolute Gasteiger partial charge is 0.393 e. The number of amides is 2. The minimum absolute atomic E-state index is 0.125. The van der Waals surface area contributed by atoms with Crippen LogP contribution < -0.4 is 5.32 Å². The number of aromatic nitrogens is 2. The van der Waals surface area contributed by atoms with Crippen LogP contribution in [0, 0.1) is 5.92 Å². The summed E-state index contributed by atoms with van der Waals surface area (Å²) in [5.41, 5.74) is 1.70. The molecule has 2 N–H and O–H groups in total. The summed E-state index contributed by atoms with van der Waals surface area (Å²) >= 11 is 0. The van der Waals surface area contributed by atoms with Crippen molar-refractivity contribution in [2.75, 3.05) is 13.6 Å². The Morgan fingerprint density at radius 2 is 2.26 bits per heavy atom. The van der Waals surface area contributed by atoms with Crippen molar-refractivity contribution in [2.24, 2.45) is 5.92 Å². The topological polar surface area (TPSA) is 69.9 Å². The first-order chi connectivity index (χ1) is 11.1. The van der Waals surface area contributed by atoms with E-state index in [1.54, 1.807) is 11.9 Å². The molecule has 2 heterocycles. The Labute approximate surface area is 136 Å². The lowest BCUT2D eigenvalue weighted by Crippen LogP contribution is -2.42. The Kier molecular flexibility index (Phi) is 4.81. The Balaban J connectivity index is 1.51. The van der Waals surface area contributed by atoms with Crippen LogP contribution in [0.15, 0.2) is 30.6 Å². The molecule has 23 heavy (non-hydrogen) atoms. The SMILES string of the molecule is CN(C[C@@H]1CCCC[C@@H]1O)C(=O)NCc1cn2ccccc2n1. The molecule has 1 aliphatic rings. The third-order valence-corrected chi connectivity index (χ3v) is 4.56. The van der Waals surface area contributed by atoms with E-state index in [0.717, 1.165) is 37.0 Å². The average Bonchev–Trinajstić information content (AvgIpc) is 2.97. The molecule has 6 heteroatoms. The molecule has 124 valence electrons. The van der Waals surface area contributed by atoms with Crippen molar-refractivity contribution in [2.45, 2.75) is 38.3 Å². The number of carbonyl (C=O) groups excluding carboxylic acids is 1. The van der Waals surface area contributed by atoms with Crippen LogP contribution in [-0.2, 0) is 6.54 Å². The molecular formula is C17H24N4O2. The molecule has 3 rings (SSSR count). The van der Waals surface area contributed by atoms with Gasteiger partial charge in [0, 0.05) is 31.9 Å². The molecule has 0 radical (unpaired) electrons. The van der Waals surface area contributed by atoms with Crippen molar-refractivity contribution in [3.05, 3.63) is 36.3 Å². The van der Waals surface area contributed by atoms with Crippen molar-refractivity contribution >= 4 is 11.7 Å².